The Labute approximate surface area is 183 Å². The fraction of sp³-hybridized carbons (Fsp3) is 0.400. The highest BCUT2D eigenvalue weighted by Crippen LogP contribution is 2.31. The van der Waals surface area contributed by atoms with Crippen molar-refractivity contribution in [2.24, 2.45) is 4.99 Å². The number of benzene rings is 2. The summed E-state index contributed by atoms with van der Waals surface area (Å²) in [6.07, 6.45) is 1.17. The van der Waals surface area contributed by atoms with Crippen LogP contribution in [0.15, 0.2) is 53.5 Å². The number of hydrogen-bond donors (Lipinski definition) is 1. The zero-order valence-electron chi connectivity index (χ0n) is 18.6. The zero-order valence-corrected chi connectivity index (χ0v) is 18.6. The number of likely N-dealkylation sites (tertiary alicyclic amines) is 1. The predicted molar refractivity (Wildman–Crippen MR) is 121 cm³/mol. The molecule has 4 rings (SSSR count). The minimum atomic E-state index is -0.632. The molecular weight excluding hydrogens is 390 g/mol. The van der Waals surface area contributed by atoms with Gasteiger partial charge in [0.05, 0.1) is 12.7 Å². The summed E-state index contributed by atoms with van der Waals surface area (Å²) in [4.78, 5) is 32.3. The van der Waals surface area contributed by atoms with Crippen LogP contribution < -0.4 is 10.1 Å². The van der Waals surface area contributed by atoms with Crippen LogP contribution in [0.1, 0.15) is 55.1 Å². The molecule has 162 valence electrons. The number of nitrogens with one attached hydrogen (secondary N) is 1. The van der Waals surface area contributed by atoms with E-state index in [1.165, 1.54) is 5.56 Å². The van der Waals surface area contributed by atoms with Crippen molar-refractivity contribution in [2.75, 3.05) is 20.2 Å². The Hall–Kier alpha value is -3.15. The first kappa shape index (κ1) is 21.1. The molecule has 1 fully saturated rings. The minimum Gasteiger partial charge on any atom is -0.496 e. The fourth-order valence-electron chi connectivity index (χ4n) is 4.20. The van der Waals surface area contributed by atoms with Gasteiger partial charge in [-0.15, -0.1) is 0 Å². The lowest BCUT2D eigenvalue weighted by atomic mass is 9.86. The maximum atomic E-state index is 13.0. The van der Waals surface area contributed by atoms with E-state index in [-0.39, 0.29) is 17.2 Å². The molecule has 0 bridgehead atoms. The monoisotopic (exact) mass is 419 g/mol. The van der Waals surface area contributed by atoms with Crippen LogP contribution in [-0.2, 0) is 10.2 Å². The number of piperidine rings is 1. The topological polar surface area (TPSA) is 71.0 Å². The third-order valence-electron chi connectivity index (χ3n) is 6.13. The minimum absolute atomic E-state index is 0.0559. The molecule has 2 aliphatic rings. The normalized spacial score (nSPS) is 18.0. The third kappa shape index (κ3) is 4.07. The Bertz CT molecular complexity index is 1030. The lowest BCUT2D eigenvalue weighted by Gasteiger charge is -2.37. The number of aliphatic imine (C=N–C) groups is 1. The van der Waals surface area contributed by atoms with E-state index < -0.39 is 5.66 Å². The van der Waals surface area contributed by atoms with Gasteiger partial charge in [-0.05, 0) is 23.1 Å². The highest BCUT2D eigenvalue weighted by atomic mass is 16.5. The number of carbonyl (C=O) groups excluding carboxylic acids is 2. The van der Waals surface area contributed by atoms with Gasteiger partial charge in [0, 0.05) is 31.5 Å². The van der Waals surface area contributed by atoms with E-state index in [0.717, 1.165) is 5.56 Å². The summed E-state index contributed by atoms with van der Waals surface area (Å²) in [6.45, 7) is 7.54. The average molecular weight is 420 g/mol. The third-order valence-corrected chi connectivity index (χ3v) is 6.13. The lowest BCUT2D eigenvalue weighted by molar-refractivity contribution is -0.115. The van der Waals surface area contributed by atoms with Crippen LogP contribution in [0.3, 0.4) is 0 Å². The van der Waals surface area contributed by atoms with Crippen LogP contribution in [-0.4, -0.2) is 48.3 Å². The fourth-order valence-corrected chi connectivity index (χ4v) is 4.20. The molecule has 0 aromatic heterocycles. The number of rotatable bonds is 3. The van der Waals surface area contributed by atoms with Gasteiger partial charge in [0.15, 0.2) is 0 Å². The number of para-hydroxylation sites is 1. The first-order valence-electron chi connectivity index (χ1n) is 10.7. The van der Waals surface area contributed by atoms with E-state index in [2.05, 4.69) is 38.2 Å². The van der Waals surface area contributed by atoms with Gasteiger partial charge in [-0.2, -0.15) is 0 Å². The van der Waals surface area contributed by atoms with Gasteiger partial charge in [-0.3, -0.25) is 14.6 Å². The number of hydrogen-bond acceptors (Lipinski definition) is 4. The molecule has 2 aliphatic heterocycles. The van der Waals surface area contributed by atoms with Crippen molar-refractivity contribution in [3.8, 4) is 5.75 Å². The van der Waals surface area contributed by atoms with Crippen molar-refractivity contribution in [3.63, 3.8) is 0 Å². The molecule has 31 heavy (non-hydrogen) atoms. The quantitative estimate of drug-likeness (QED) is 0.827. The van der Waals surface area contributed by atoms with Gasteiger partial charge >= 0.3 is 0 Å². The number of amides is 2. The Morgan fingerprint density at radius 3 is 2.32 bits per heavy atom. The Morgan fingerprint density at radius 2 is 1.71 bits per heavy atom. The van der Waals surface area contributed by atoms with Gasteiger partial charge in [0.1, 0.15) is 17.1 Å². The Balaban J connectivity index is 1.49. The molecular formula is C25H29N3O3. The Kier molecular flexibility index (Phi) is 5.33. The smallest absolute Gasteiger partial charge is 0.272 e. The van der Waals surface area contributed by atoms with Gasteiger partial charge in [-0.1, -0.05) is 57.2 Å². The van der Waals surface area contributed by atoms with Crippen molar-refractivity contribution >= 4 is 17.5 Å². The van der Waals surface area contributed by atoms with Gasteiger partial charge in [0.25, 0.3) is 11.8 Å². The molecule has 0 radical (unpaired) electrons. The van der Waals surface area contributed by atoms with Crippen LogP contribution in [0.25, 0.3) is 0 Å². The molecule has 1 spiro atoms. The number of methoxy groups -OCH3 is 1. The van der Waals surface area contributed by atoms with Crippen LogP contribution >= 0.6 is 0 Å². The molecule has 2 aromatic rings. The summed E-state index contributed by atoms with van der Waals surface area (Å²) < 4.78 is 5.33. The molecule has 6 nitrogen and oxygen atoms in total. The largest absolute Gasteiger partial charge is 0.496 e. The van der Waals surface area contributed by atoms with Gasteiger partial charge < -0.3 is 15.0 Å². The summed E-state index contributed by atoms with van der Waals surface area (Å²) in [6, 6.07) is 15.3. The standard InChI is InChI=1S/C25H29N3O3/c1-24(2,3)18-11-9-17(10-12-18)21-22(29)27-25(26-21)13-15-28(16-14-25)23(30)19-7-5-6-8-20(19)31-4/h5-12H,13-16H2,1-4H3,(H,27,29). The van der Waals surface area contributed by atoms with Crippen molar-refractivity contribution in [1.29, 1.82) is 0 Å². The molecule has 2 aromatic carbocycles. The van der Waals surface area contributed by atoms with E-state index >= 15 is 0 Å². The SMILES string of the molecule is COc1ccccc1C(=O)N1CCC2(CC1)N=C(c1ccc(C(C)(C)C)cc1)C(=O)N2. The summed E-state index contributed by atoms with van der Waals surface area (Å²) >= 11 is 0. The second kappa shape index (κ2) is 7.84. The molecule has 6 heteroatoms. The van der Waals surface area contributed by atoms with Crippen molar-refractivity contribution in [2.45, 2.75) is 44.7 Å². The van der Waals surface area contributed by atoms with Gasteiger partial charge in [-0.25, -0.2) is 0 Å². The Morgan fingerprint density at radius 1 is 1.06 bits per heavy atom. The van der Waals surface area contributed by atoms with Crippen LogP contribution in [0.2, 0.25) is 0 Å². The van der Waals surface area contributed by atoms with Crippen molar-refractivity contribution in [1.82, 2.24) is 10.2 Å². The number of ether oxygens (including phenoxy) is 1. The molecule has 2 heterocycles. The van der Waals surface area contributed by atoms with Crippen LogP contribution in [0, 0.1) is 0 Å². The van der Waals surface area contributed by atoms with Crippen molar-refractivity contribution in [3.05, 3.63) is 65.2 Å². The highest BCUT2D eigenvalue weighted by molar-refractivity contribution is 6.46. The second-order valence-corrected chi connectivity index (χ2v) is 9.27. The summed E-state index contributed by atoms with van der Waals surface area (Å²) in [5.74, 6) is 0.368. The van der Waals surface area contributed by atoms with E-state index in [0.29, 0.717) is 43.0 Å². The van der Waals surface area contributed by atoms with E-state index in [4.69, 9.17) is 9.73 Å². The molecule has 1 N–H and O–H groups in total. The summed E-state index contributed by atoms with van der Waals surface area (Å²) in [7, 11) is 1.57. The molecule has 0 unspecified atom stereocenters. The van der Waals surface area contributed by atoms with Crippen LogP contribution in [0.5, 0.6) is 5.75 Å². The first-order chi connectivity index (χ1) is 14.7. The molecule has 0 saturated carbocycles. The molecule has 0 aliphatic carbocycles. The lowest BCUT2D eigenvalue weighted by Crippen LogP contribution is -2.52. The molecule has 1 saturated heterocycles. The summed E-state index contributed by atoms with van der Waals surface area (Å²) in [5, 5.41) is 3.08. The van der Waals surface area contributed by atoms with E-state index in [1.54, 1.807) is 24.1 Å². The van der Waals surface area contributed by atoms with Gasteiger partial charge in [0.2, 0.25) is 0 Å². The van der Waals surface area contributed by atoms with E-state index in [1.807, 2.05) is 24.3 Å². The molecule has 0 atom stereocenters. The highest BCUT2D eigenvalue weighted by Gasteiger charge is 2.43. The maximum absolute atomic E-state index is 13.0. The maximum Gasteiger partial charge on any atom is 0.272 e. The number of nitrogens with zero attached hydrogens (tertiary/aromatic N) is 2. The summed E-state index contributed by atoms with van der Waals surface area (Å²) in [5.41, 5.74) is 2.50. The second-order valence-electron chi connectivity index (χ2n) is 9.27. The average Bonchev–Trinajstić information content (AvgIpc) is 3.08. The predicted octanol–water partition coefficient (Wildman–Crippen LogP) is 3.54. The molecule has 2 amide bonds. The van der Waals surface area contributed by atoms with Crippen molar-refractivity contribution < 1.29 is 14.3 Å². The van der Waals surface area contributed by atoms with Crippen LogP contribution in [0.4, 0.5) is 0 Å². The first-order valence-corrected chi connectivity index (χ1v) is 10.7. The zero-order chi connectivity index (χ0) is 22.2. The van der Waals surface area contributed by atoms with E-state index in [9.17, 15) is 9.59 Å². The number of carbonyl (C=O) groups is 2.